The topological polar surface area (TPSA) is 67.5 Å². The van der Waals surface area contributed by atoms with Gasteiger partial charge in [-0.15, -0.1) is 10.2 Å². The molecule has 2 aromatic heterocycles. The van der Waals surface area contributed by atoms with E-state index >= 15 is 0 Å². The lowest BCUT2D eigenvalue weighted by Gasteiger charge is -2.16. The van der Waals surface area contributed by atoms with Gasteiger partial charge in [-0.1, -0.05) is 20.8 Å². The molecule has 0 aliphatic heterocycles. The minimum Gasteiger partial charge on any atom is -0.478 e. The first-order valence-corrected chi connectivity index (χ1v) is 5.94. The van der Waals surface area contributed by atoms with Gasteiger partial charge in [0.25, 0.3) is 0 Å². The van der Waals surface area contributed by atoms with Crippen molar-refractivity contribution in [2.75, 3.05) is 0 Å². The molecule has 0 saturated carbocycles. The molecule has 2 heterocycles. The predicted molar refractivity (Wildman–Crippen MR) is 67.7 cm³/mol. The maximum atomic E-state index is 10.9. The minimum atomic E-state index is -0.938. The van der Waals surface area contributed by atoms with E-state index in [2.05, 4.69) is 31.0 Å². The van der Waals surface area contributed by atoms with Crippen LogP contribution in [-0.2, 0) is 6.42 Å². The minimum absolute atomic E-state index is 0.218. The molecule has 0 bridgehead atoms. The van der Waals surface area contributed by atoms with Gasteiger partial charge in [-0.3, -0.25) is 4.40 Å². The summed E-state index contributed by atoms with van der Waals surface area (Å²) in [5.41, 5.74) is 1.15. The number of rotatable bonds is 3. The number of hydrogen-bond acceptors (Lipinski definition) is 3. The number of aromatic nitrogens is 3. The quantitative estimate of drug-likeness (QED) is 0.904. The molecule has 96 valence electrons. The fraction of sp³-hybridized carbons (Fsp3) is 0.462. The summed E-state index contributed by atoms with van der Waals surface area (Å²) >= 11 is 0. The number of carbonyl (C=O) groups is 1. The molecule has 0 aliphatic rings. The van der Waals surface area contributed by atoms with Gasteiger partial charge in [-0.25, -0.2) is 4.79 Å². The fourth-order valence-electron chi connectivity index (χ4n) is 1.72. The third-order valence-corrected chi connectivity index (χ3v) is 2.82. The standard InChI is InChI=1S/C13H17N3O2/c1-13(2,3)7-6-11-15-14-10-5-4-9(12(17)18)8-16(10)11/h4-5,8H,6-7H2,1-3H3,(H,17,18). The second kappa shape index (κ2) is 4.40. The summed E-state index contributed by atoms with van der Waals surface area (Å²) < 4.78 is 1.76. The van der Waals surface area contributed by atoms with Crippen molar-refractivity contribution in [1.29, 1.82) is 0 Å². The number of nitrogens with zero attached hydrogens (tertiary/aromatic N) is 3. The Labute approximate surface area is 105 Å². The zero-order chi connectivity index (χ0) is 13.3. The Kier molecular flexibility index (Phi) is 3.07. The molecule has 5 heteroatoms. The van der Waals surface area contributed by atoms with Crippen molar-refractivity contribution >= 4 is 11.6 Å². The Morgan fingerprint density at radius 2 is 2.06 bits per heavy atom. The molecule has 0 aliphatic carbocycles. The molecule has 2 aromatic rings. The van der Waals surface area contributed by atoms with E-state index in [4.69, 9.17) is 5.11 Å². The molecular weight excluding hydrogens is 230 g/mol. The molecule has 0 amide bonds. The van der Waals surface area contributed by atoms with Gasteiger partial charge in [-0.05, 0) is 24.0 Å². The summed E-state index contributed by atoms with van der Waals surface area (Å²) in [6, 6.07) is 3.22. The number of carboxylic acids is 1. The molecule has 2 rings (SSSR count). The molecule has 5 nitrogen and oxygen atoms in total. The van der Waals surface area contributed by atoms with E-state index in [-0.39, 0.29) is 11.0 Å². The van der Waals surface area contributed by atoms with Crippen molar-refractivity contribution in [1.82, 2.24) is 14.6 Å². The highest BCUT2D eigenvalue weighted by Crippen LogP contribution is 2.21. The maximum Gasteiger partial charge on any atom is 0.337 e. The van der Waals surface area contributed by atoms with Crippen LogP contribution in [0.3, 0.4) is 0 Å². The summed E-state index contributed by atoms with van der Waals surface area (Å²) in [5, 5.41) is 17.1. The van der Waals surface area contributed by atoms with E-state index in [1.807, 2.05) is 0 Å². The van der Waals surface area contributed by atoms with Gasteiger partial charge in [-0.2, -0.15) is 0 Å². The van der Waals surface area contributed by atoms with Gasteiger partial charge in [0.15, 0.2) is 5.65 Å². The fourth-order valence-corrected chi connectivity index (χ4v) is 1.72. The molecule has 0 fully saturated rings. The first kappa shape index (κ1) is 12.5. The number of carboxylic acid groups (broad SMARTS) is 1. The molecule has 18 heavy (non-hydrogen) atoms. The number of aryl methyl sites for hydroxylation is 1. The highest BCUT2D eigenvalue weighted by Gasteiger charge is 2.14. The maximum absolute atomic E-state index is 10.9. The Morgan fingerprint density at radius 3 is 2.67 bits per heavy atom. The second-order valence-corrected chi connectivity index (χ2v) is 5.63. The van der Waals surface area contributed by atoms with Gasteiger partial charge in [0, 0.05) is 12.6 Å². The molecule has 0 aromatic carbocycles. The first-order chi connectivity index (χ1) is 8.37. The SMILES string of the molecule is CC(C)(C)CCc1nnc2ccc(C(=O)O)cn12. The summed E-state index contributed by atoms with van der Waals surface area (Å²) in [6.07, 6.45) is 3.34. The average molecular weight is 247 g/mol. The largest absolute Gasteiger partial charge is 0.478 e. The van der Waals surface area contributed by atoms with Crippen LogP contribution in [0.25, 0.3) is 5.65 Å². The van der Waals surface area contributed by atoms with Crippen molar-refractivity contribution in [3.05, 3.63) is 29.7 Å². The number of fused-ring (bicyclic) bond motifs is 1. The summed E-state index contributed by atoms with van der Waals surface area (Å²) in [4.78, 5) is 10.9. The van der Waals surface area contributed by atoms with E-state index in [9.17, 15) is 4.79 Å². The van der Waals surface area contributed by atoms with E-state index in [0.717, 1.165) is 18.7 Å². The van der Waals surface area contributed by atoms with Gasteiger partial charge >= 0.3 is 5.97 Å². The van der Waals surface area contributed by atoms with Gasteiger partial charge in [0.1, 0.15) is 5.82 Å². The van der Waals surface area contributed by atoms with Crippen LogP contribution in [0.15, 0.2) is 18.3 Å². The second-order valence-electron chi connectivity index (χ2n) is 5.63. The average Bonchev–Trinajstić information content (AvgIpc) is 2.67. The van der Waals surface area contributed by atoms with Crippen LogP contribution in [0.1, 0.15) is 43.4 Å². The zero-order valence-electron chi connectivity index (χ0n) is 10.8. The molecular formula is C13H17N3O2. The van der Waals surface area contributed by atoms with E-state index in [0.29, 0.717) is 5.65 Å². The molecule has 0 atom stereocenters. The van der Waals surface area contributed by atoms with Gasteiger partial charge in [0.2, 0.25) is 0 Å². The Hall–Kier alpha value is -1.91. The third-order valence-electron chi connectivity index (χ3n) is 2.82. The Balaban J connectivity index is 2.33. The Morgan fingerprint density at radius 1 is 1.33 bits per heavy atom. The van der Waals surface area contributed by atoms with Crippen LogP contribution >= 0.6 is 0 Å². The lowest BCUT2D eigenvalue weighted by molar-refractivity contribution is 0.0696. The van der Waals surface area contributed by atoms with Crippen LogP contribution in [0.5, 0.6) is 0 Å². The normalized spacial score (nSPS) is 11.9. The predicted octanol–water partition coefficient (Wildman–Crippen LogP) is 2.41. The molecule has 0 radical (unpaired) electrons. The number of aromatic carboxylic acids is 1. The highest BCUT2D eigenvalue weighted by atomic mass is 16.4. The van der Waals surface area contributed by atoms with Crippen molar-refractivity contribution < 1.29 is 9.90 Å². The van der Waals surface area contributed by atoms with Crippen molar-refractivity contribution in [2.24, 2.45) is 5.41 Å². The summed E-state index contributed by atoms with van der Waals surface area (Å²) in [6.45, 7) is 6.50. The number of hydrogen-bond donors (Lipinski definition) is 1. The molecule has 0 spiro atoms. The highest BCUT2D eigenvalue weighted by molar-refractivity contribution is 5.87. The van der Waals surface area contributed by atoms with E-state index in [1.165, 1.54) is 0 Å². The Bertz CT molecular complexity index is 581. The van der Waals surface area contributed by atoms with Crippen LogP contribution in [-0.4, -0.2) is 25.7 Å². The van der Waals surface area contributed by atoms with Crippen LogP contribution in [0.4, 0.5) is 0 Å². The lowest BCUT2D eigenvalue weighted by atomic mass is 9.90. The van der Waals surface area contributed by atoms with Gasteiger partial charge in [0.05, 0.1) is 5.56 Å². The number of pyridine rings is 1. The van der Waals surface area contributed by atoms with E-state index in [1.54, 1.807) is 22.7 Å². The smallest absolute Gasteiger partial charge is 0.337 e. The molecule has 0 unspecified atom stereocenters. The van der Waals surface area contributed by atoms with Crippen LogP contribution in [0, 0.1) is 5.41 Å². The van der Waals surface area contributed by atoms with Crippen molar-refractivity contribution in [2.45, 2.75) is 33.6 Å². The first-order valence-electron chi connectivity index (χ1n) is 5.94. The summed E-state index contributed by atoms with van der Waals surface area (Å²) in [7, 11) is 0. The van der Waals surface area contributed by atoms with Gasteiger partial charge < -0.3 is 5.11 Å². The van der Waals surface area contributed by atoms with Crippen LogP contribution < -0.4 is 0 Å². The zero-order valence-corrected chi connectivity index (χ0v) is 10.8. The van der Waals surface area contributed by atoms with Crippen molar-refractivity contribution in [3.8, 4) is 0 Å². The molecule has 0 saturated heterocycles. The van der Waals surface area contributed by atoms with Crippen LogP contribution in [0.2, 0.25) is 0 Å². The summed E-state index contributed by atoms with van der Waals surface area (Å²) in [5.74, 6) is -0.129. The molecule has 1 N–H and O–H groups in total. The van der Waals surface area contributed by atoms with E-state index < -0.39 is 5.97 Å². The monoisotopic (exact) mass is 247 g/mol. The lowest BCUT2D eigenvalue weighted by Crippen LogP contribution is -2.08. The third kappa shape index (κ3) is 2.67. The van der Waals surface area contributed by atoms with Crippen molar-refractivity contribution in [3.63, 3.8) is 0 Å².